The monoisotopic (exact) mass is 625 g/mol. The number of nitrogens with zero attached hydrogens (tertiary/aromatic N) is 1. The molecule has 0 unspecified atom stereocenters. The molecule has 3 saturated heterocycles. The molecular weight excluding hydrogens is 590 g/mol. The van der Waals surface area contributed by atoms with Gasteiger partial charge in [-0.05, 0) is 12.1 Å². The third kappa shape index (κ3) is 7.06. The molecule has 0 spiro atoms. The maximum Gasteiger partial charge on any atom is 0.269 e. The second-order valence-corrected chi connectivity index (χ2v) is 10.2. The highest BCUT2D eigenvalue weighted by Crippen LogP contribution is 2.33. The summed E-state index contributed by atoms with van der Waals surface area (Å²) in [7, 11) is 0. The van der Waals surface area contributed by atoms with E-state index in [1.807, 2.05) is 0 Å². The summed E-state index contributed by atoms with van der Waals surface area (Å²) in [5.74, 6) is 0.0249. The molecule has 0 amide bonds. The molecule has 3 aliphatic rings. The van der Waals surface area contributed by atoms with Crippen molar-refractivity contribution in [2.24, 2.45) is 0 Å². The first-order valence-electron chi connectivity index (χ1n) is 13.2. The van der Waals surface area contributed by atoms with Crippen LogP contribution in [0.1, 0.15) is 0 Å². The number of benzene rings is 1. The van der Waals surface area contributed by atoms with E-state index >= 15 is 0 Å². The molecule has 10 N–H and O–H groups in total. The summed E-state index contributed by atoms with van der Waals surface area (Å²) in [4.78, 5) is 10.2. The minimum absolute atomic E-state index is 0.0249. The summed E-state index contributed by atoms with van der Waals surface area (Å²) in [5.41, 5.74) is -0.231. The van der Waals surface area contributed by atoms with E-state index in [1.54, 1.807) is 0 Å². The first kappa shape index (κ1) is 33.7. The Labute approximate surface area is 242 Å². The number of aliphatic hydroxyl groups is 10. The SMILES string of the molecule is O=[N+]([O-])c1ccc(O[C@@H]2O[C@H](CO)[C@@H](O[C@@H]3O[C@H](CO)[C@@H](O)[C@H](O[C@@H]4O[C@H](CO)[C@@H](O)[C@H](O)[C@H]4O)[C@H]3O)[C@H](O)[C@@H]2O)cc1. The Morgan fingerprint density at radius 1 is 0.605 bits per heavy atom. The Hall–Kier alpha value is -2.18. The maximum atomic E-state index is 11.0. The summed E-state index contributed by atoms with van der Waals surface area (Å²) in [6, 6.07) is 4.71. The van der Waals surface area contributed by atoms with Crippen LogP contribution in [0.25, 0.3) is 0 Å². The van der Waals surface area contributed by atoms with Crippen molar-refractivity contribution in [1.29, 1.82) is 0 Å². The number of nitro groups is 1. The van der Waals surface area contributed by atoms with Crippen molar-refractivity contribution in [1.82, 2.24) is 0 Å². The van der Waals surface area contributed by atoms with E-state index < -0.39 is 117 Å². The zero-order valence-corrected chi connectivity index (χ0v) is 22.3. The highest BCUT2D eigenvalue weighted by molar-refractivity contribution is 5.36. The minimum atomic E-state index is -1.96. The van der Waals surface area contributed by atoms with Gasteiger partial charge in [0.25, 0.3) is 5.69 Å². The highest BCUT2D eigenvalue weighted by atomic mass is 16.8. The van der Waals surface area contributed by atoms with Gasteiger partial charge >= 0.3 is 0 Å². The molecule has 1 aromatic carbocycles. The smallest absolute Gasteiger partial charge is 0.269 e. The lowest BCUT2D eigenvalue weighted by Crippen LogP contribution is -2.67. The van der Waals surface area contributed by atoms with E-state index in [2.05, 4.69) is 0 Å². The van der Waals surface area contributed by atoms with Gasteiger partial charge in [-0.25, -0.2) is 0 Å². The quantitative estimate of drug-likeness (QED) is 0.0856. The van der Waals surface area contributed by atoms with Crippen molar-refractivity contribution in [3.05, 3.63) is 34.4 Å². The highest BCUT2D eigenvalue weighted by Gasteiger charge is 2.53. The van der Waals surface area contributed by atoms with Crippen LogP contribution < -0.4 is 4.74 Å². The number of ether oxygens (including phenoxy) is 6. The Morgan fingerprint density at radius 3 is 1.65 bits per heavy atom. The van der Waals surface area contributed by atoms with E-state index in [4.69, 9.17) is 28.4 Å². The molecule has 19 heteroatoms. The predicted molar refractivity (Wildman–Crippen MR) is 133 cm³/mol. The number of nitro benzene ring substituents is 1. The van der Waals surface area contributed by atoms with Gasteiger partial charge in [0.05, 0.1) is 24.7 Å². The fourth-order valence-corrected chi connectivity index (χ4v) is 4.91. The molecule has 244 valence electrons. The van der Waals surface area contributed by atoms with Crippen molar-refractivity contribution in [2.75, 3.05) is 19.8 Å². The van der Waals surface area contributed by atoms with Crippen LogP contribution in [0.3, 0.4) is 0 Å². The van der Waals surface area contributed by atoms with Crippen LogP contribution in [0.5, 0.6) is 5.75 Å². The molecule has 43 heavy (non-hydrogen) atoms. The molecule has 0 bridgehead atoms. The molecule has 4 rings (SSSR count). The number of aliphatic hydroxyl groups excluding tert-OH is 10. The first-order chi connectivity index (χ1) is 20.4. The van der Waals surface area contributed by atoms with Gasteiger partial charge in [-0.3, -0.25) is 10.1 Å². The molecule has 15 atom stereocenters. The molecule has 19 nitrogen and oxygen atoms in total. The zero-order chi connectivity index (χ0) is 31.6. The van der Waals surface area contributed by atoms with Crippen molar-refractivity contribution < 1.29 is 84.4 Å². The summed E-state index contributed by atoms with van der Waals surface area (Å²) < 4.78 is 32.8. The van der Waals surface area contributed by atoms with Gasteiger partial charge in [-0.1, -0.05) is 0 Å². The van der Waals surface area contributed by atoms with Gasteiger partial charge in [-0.2, -0.15) is 0 Å². The fourth-order valence-electron chi connectivity index (χ4n) is 4.91. The van der Waals surface area contributed by atoms with E-state index in [9.17, 15) is 61.2 Å². The van der Waals surface area contributed by atoms with Crippen LogP contribution in [0.15, 0.2) is 24.3 Å². The summed E-state index contributed by atoms with van der Waals surface area (Å²) in [6.45, 7) is -2.44. The van der Waals surface area contributed by atoms with Crippen molar-refractivity contribution in [3.63, 3.8) is 0 Å². The largest absolute Gasteiger partial charge is 0.462 e. The van der Waals surface area contributed by atoms with Gasteiger partial charge in [0.1, 0.15) is 79.0 Å². The lowest BCUT2D eigenvalue weighted by molar-refractivity contribution is -0.384. The van der Waals surface area contributed by atoms with Gasteiger partial charge in [0, 0.05) is 12.1 Å². The molecule has 0 radical (unpaired) electrons. The Kier molecular flexibility index (Phi) is 11.2. The van der Waals surface area contributed by atoms with Crippen LogP contribution in [0.4, 0.5) is 5.69 Å². The summed E-state index contributed by atoms with van der Waals surface area (Å²) >= 11 is 0. The Bertz CT molecular complexity index is 1050. The molecule has 1 aromatic rings. The Balaban J connectivity index is 1.47. The second-order valence-electron chi connectivity index (χ2n) is 10.2. The summed E-state index contributed by atoms with van der Waals surface area (Å²) in [6.07, 6.45) is -25.7. The van der Waals surface area contributed by atoms with Crippen LogP contribution >= 0.6 is 0 Å². The first-order valence-corrected chi connectivity index (χ1v) is 13.2. The third-order valence-corrected chi connectivity index (χ3v) is 7.37. The molecule has 0 aliphatic carbocycles. The maximum absolute atomic E-state index is 11.0. The molecule has 3 fully saturated rings. The van der Waals surface area contributed by atoms with E-state index in [1.165, 1.54) is 12.1 Å². The topological polar surface area (TPSA) is 301 Å². The number of non-ortho nitro benzene ring substituents is 1. The zero-order valence-electron chi connectivity index (χ0n) is 22.3. The third-order valence-electron chi connectivity index (χ3n) is 7.37. The number of rotatable bonds is 10. The van der Waals surface area contributed by atoms with Crippen molar-refractivity contribution >= 4 is 5.69 Å². The lowest BCUT2D eigenvalue weighted by atomic mass is 9.96. The van der Waals surface area contributed by atoms with E-state index in [0.29, 0.717) is 0 Å². The number of hydrogen-bond donors (Lipinski definition) is 10. The lowest BCUT2D eigenvalue weighted by Gasteiger charge is -2.48. The van der Waals surface area contributed by atoms with Crippen molar-refractivity contribution in [2.45, 2.75) is 92.1 Å². The van der Waals surface area contributed by atoms with E-state index in [-0.39, 0.29) is 11.4 Å². The van der Waals surface area contributed by atoms with Crippen molar-refractivity contribution in [3.8, 4) is 5.75 Å². The average molecular weight is 626 g/mol. The van der Waals surface area contributed by atoms with Gasteiger partial charge in [0.15, 0.2) is 12.6 Å². The molecule has 3 aliphatic heterocycles. The molecule has 3 heterocycles. The van der Waals surface area contributed by atoms with Crippen LogP contribution in [-0.4, -0.2) is 168 Å². The second kappa shape index (κ2) is 14.3. The van der Waals surface area contributed by atoms with Gasteiger partial charge in [0.2, 0.25) is 6.29 Å². The fraction of sp³-hybridized carbons (Fsp3) is 0.750. The normalized spacial score (nSPS) is 43.7. The van der Waals surface area contributed by atoms with E-state index in [0.717, 1.165) is 12.1 Å². The average Bonchev–Trinajstić information content (AvgIpc) is 3.00. The van der Waals surface area contributed by atoms with Crippen LogP contribution in [0.2, 0.25) is 0 Å². The van der Waals surface area contributed by atoms with Gasteiger partial charge < -0.3 is 79.5 Å². The molecular formula is C24H35NO18. The van der Waals surface area contributed by atoms with Crippen LogP contribution in [0, 0.1) is 10.1 Å². The Morgan fingerprint density at radius 2 is 1.09 bits per heavy atom. The summed E-state index contributed by atoms with van der Waals surface area (Å²) in [5, 5.41) is 113. The van der Waals surface area contributed by atoms with Gasteiger partial charge in [-0.15, -0.1) is 0 Å². The predicted octanol–water partition coefficient (Wildman–Crippen LogP) is -5.58. The minimum Gasteiger partial charge on any atom is -0.462 e. The standard InChI is InChI=1S/C24H35NO18/c26-5-10-13(29)15(31)17(33)23(39-10)43-21-14(30)11(6-27)40-24(19(21)35)42-20-12(7-28)41-22(18(34)16(20)32)38-9-3-1-8(2-4-9)25(36)37/h1-4,10-24,26-35H,5-7H2/t10-,11-,12-,13-,14-,15+,16-,17-,18+,19-,20-,21+,22-,23+,24+/m1/s1. The number of hydrogen-bond acceptors (Lipinski definition) is 18. The molecule has 0 aromatic heterocycles. The van der Waals surface area contributed by atoms with Crippen LogP contribution in [-0.2, 0) is 23.7 Å². The molecule has 0 saturated carbocycles.